The Kier molecular flexibility index (Phi) is 5.49. The Hall–Kier alpha value is -1.55. The Morgan fingerprint density at radius 1 is 1.29 bits per heavy atom. The van der Waals surface area contributed by atoms with Crippen LogP contribution in [-0.4, -0.2) is 25.6 Å². The summed E-state index contributed by atoms with van der Waals surface area (Å²) in [7, 11) is 0. The lowest BCUT2D eigenvalue weighted by Crippen LogP contribution is -2.31. The Balaban J connectivity index is 2.78. The Labute approximate surface area is 102 Å². The molecule has 2 N–H and O–H groups in total. The van der Waals surface area contributed by atoms with Crippen LogP contribution in [0.25, 0.3) is 0 Å². The summed E-state index contributed by atoms with van der Waals surface area (Å²) in [5.41, 5.74) is 6.28. The number of benzene rings is 1. The molecule has 1 aromatic rings. The van der Waals surface area contributed by atoms with Crippen molar-refractivity contribution in [3.8, 4) is 5.75 Å². The normalized spacial score (nSPS) is 10.1. The number of amides is 1. The molecule has 1 aromatic carbocycles. The minimum atomic E-state index is 0.0548. The molecule has 17 heavy (non-hydrogen) atoms. The van der Waals surface area contributed by atoms with Gasteiger partial charge >= 0.3 is 0 Å². The number of anilines is 1. The molecular formula is C13H20N2O2. The summed E-state index contributed by atoms with van der Waals surface area (Å²) >= 11 is 0. The van der Waals surface area contributed by atoms with Gasteiger partial charge in [-0.15, -0.1) is 0 Å². The Bertz CT molecular complexity index is 349. The summed E-state index contributed by atoms with van der Waals surface area (Å²) in [6, 6.07) is 7.53. The van der Waals surface area contributed by atoms with E-state index in [-0.39, 0.29) is 5.91 Å². The maximum atomic E-state index is 11.8. The van der Waals surface area contributed by atoms with Crippen LogP contribution >= 0.6 is 0 Å². The number of hydrogen-bond acceptors (Lipinski definition) is 3. The SMILES string of the molecule is CCOc1ccc(N(CC)C(=O)CCN)cc1. The van der Waals surface area contributed by atoms with Crippen molar-refractivity contribution >= 4 is 11.6 Å². The minimum absolute atomic E-state index is 0.0548. The standard InChI is InChI=1S/C13H20N2O2/c1-3-15(13(16)9-10-14)11-5-7-12(8-6-11)17-4-2/h5-8H,3-4,9-10,14H2,1-2H3. The number of hydrogen-bond donors (Lipinski definition) is 1. The second-order valence-electron chi connectivity index (χ2n) is 3.60. The number of carbonyl (C=O) groups excluding carboxylic acids is 1. The van der Waals surface area contributed by atoms with E-state index < -0.39 is 0 Å². The van der Waals surface area contributed by atoms with Gasteiger partial charge in [0, 0.05) is 25.2 Å². The molecule has 4 heteroatoms. The number of nitrogens with two attached hydrogens (primary N) is 1. The van der Waals surface area contributed by atoms with Crippen molar-refractivity contribution in [1.29, 1.82) is 0 Å². The molecule has 0 saturated heterocycles. The molecule has 0 atom stereocenters. The maximum Gasteiger partial charge on any atom is 0.228 e. The number of ether oxygens (including phenoxy) is 1. The zero-order chi connectivity index (χ0) is 12.7. The molecule has 0 aliphatic rings. The van der Waals surface area contributed by atoms with Gasteiger partial charge in [0.15, 0.2) is 0 Å². The van der Waals surface area contributed by atoms with Gasteiger partial charge in [-0.2, -0.15) is 0 Å². The van der Waals surface area contributed by atoms with Crippen LogP contribution in [-0.2, 0) is 4.79 Å². The zero-order valence-corrected chi connectivity index (χ0v) is 10.5. The summed E-state index contributed by atoms with van der Waals surface area (Å²) in [6.45, 7) is 5.56. The fourth-order valence-electron chi connectivity index (χ4n) is 1.65. The zero-order valence-electron chi connectivity index (χ0n) is 10.5. The van der Waals surface area contributed by atoms with Gasteiger partial charge < -0.3 is 15.4 Å². The third-order valence-corrected chi connectivity index (χ3v) is 2.43. The van der Waals surface area contributed by atoms with Crippen LogP contribution in [0, 0.1) is 0 Å². The van der Waals surface area contributed by atoms with E-state index in [0.29, 0.717) is 26.1 Å². The van der Waals surface area contributed by atoms with E-state index in [2.05, 4.69) is 0 Å². The molecule has 0 aliphatic heterocycles. The molecule has 0 fully saturated rings. The van der Waals surface area contributed by atoms with E-state index in [9.17, 15) is 4.79 Å². The molecule has 1 amide bonds. The van der Waals surface area contributed by atoms with Crippen LogP contribution in [0.2, 0.25) is 0 Å². The number of carbonyl (C=O) groups is 1. The van der Waals surface area contributed by atoms with Gasteiger partial charge in [0.1, 0.15) is 5.75 Å². The van der Waals surface area contributed by atoms with Crippen LogP contribution in [0.5, 0.6) is 5.75 Å². The van der Waals surface area contributed by atoms with Crippen LogP contribution < -0.4 is 15.4 Å². The van der Waals surface area contributed by atoms with Crippen molar-refractivity contribution in [1.82, 2.24) is 0 Å². The second kappa shape index (κ2) is 6.91. The summed E-state index contributed by atoms with van der Waals surface area (Å²) in [6.07, 6.45) is 0.376. The highest BCUT2D eigenvalue weighted by Crippen LogP contribution is 2.19. The quantitative estimate of drug-likeness (QED) is 0.819. The van der Waals surface area contributed by atoms with Crippen molar-refractivity contribution < 1.29 is 9.53 Å². The largest absolute Gasteiger partial charge is 0.494 e. The maximum absolute atomic E-state index is 11.8. The summed E-state index contributed by atoms with van der Waals surface area (Å²) < 4.78 is 5.36. The predicted octanol–water partition coefficient (Wildman–Crippen LogP) is 1.79. The molecule has 0 bridgehead atoms. The fraction of sp³-hybridized carbons (Fsp3) is 0.462. The number of rotatable bonds is 6. The fourth-order valence-corrected chi connectivity index (χ4v) is 1.65. The molecule has 1 rings (SSSR count). The lowest BCUT2D eigenvalue weighted by atomic mass is 10.2. The lowest BCUT2D eigenvalue weighted by molar-refractivity contribution is -0.118. The van der Waals surface area contributed by atoms with Gasteiger partial charge in [-0.05, 0) is 38.1 Å². The molecule has 0 unspecified atom stereocenters. The van der Waals surface area contributed by atoms with Gasteiger partial charge in [0.05, 0.1) is 6.61 Å². The third kappa shape index (κ3) is 3.75. The van der Waals surface area contributed by atoms with Gasteiger partial charge in [-0.25, -0.2) is 0 Å². The van der Waals surface area contributed by atoms with Gasteiger partial charge in [-0.1, -0.05) is 0 Å². The first-order valence-electron chi connectivity index (χ1n) is 5.96. The average molecular weight is 236 g/mol. The summed E-state index contributed by atoms with van der Waals surface area (Å²) in [5.74, 6) is 0.873. The second-order valence-corrected chi connectivity index (χ2v) is 3.60. The molecular weight excluding hydrogens is 216 g/mol. The van der Waals surface area contributed by atoms with Crippen LogP contribution in [0.3, 0.4) is 0 Å². The van der Waals surface area contributed by atoms with Gasteiger partial charge in [-0.3, -0.25) is 4.79 Å². The third-order valence-electron chi connectivity index (χ3n) is 2.43. The van der Waals surface area contributed by atoms with Gasteiger partial charge in [0.2, 0.25) is 5.91 Å². The molecule has 94 valence electrons. The summed E-state index contributed by atoms with van der Waals surface area (Å²) in [4.78, 5) is 13.5. The van der Waals surface area contributed by atoms with Crippen LogP contribution in [0.4, 0.5) is 5.69 Å². The lowest BCUT2D eigenvalue weighted by Gasteiger charge is -2.21. The van der Waals surface area contributed by atoms with Crippen molar-refractivity contribution in [3.05, 3.63) is 24.3 Å². The molecule has 4 nitrogen and oxygen atoms in total. The van der Waals surface area contributed by atoms with E-state index in [0.717, 1.165) is 11.4 Å². The van der Waals surface area contributed by atoms with Crippen molar-refractivity contribution in [2.24, 2.45) is 5.73 Å². The smallest absolute Gasteiger partial charge is 0.228 e. The summed E-state index contributed by atoms with van der Waals surface area (Å²) in [5, 5.41) is 0. The number of nitrogens with zero attached hydrogens (tertiary/aromatic N) is 1. The molecule has 0 radical (unpaired) electrons. The van der Waals surface area contributed by atoms with Crippen LogP contribution in [0.15, 0.2) is 24.3 Å². The van der Waals surface area contributed by atoms with E-state index in [4.69, 9.17) is 10.5 Å². The highest BCUT2D eigenvalue weighted by Gasteiger charge is 2.12. The monoisotopic (exact) mass is 236 g/mol. The first-order chi connectivity index (χ1) is 8.22. The first kappa shape index (κ1) is 13.5. The Morgan fingerprint density at radius 3 is 2.41 bits per heavy atom. The molecule has 0 spiro atoms. The molecule has 0 aliphatic carbocycles. The van der Waals surface area contributed by atoms with E-state index in [1.54, 1.807) is 4.90 Å². The van der Waals surface area contributed by atoms with Crippen molar-refractivity contribution in [2.75, 3.05) is 24.6 Å². The molecule has 0 saturated carbocycles. The Morgan fingerprint density at radius 2 is 1.94 bits per heavy atom. The first-order valence-corrected chi connectivity index (χ1v) is 5.96. The van der Waals surface area contributed by atoms with Gasteiger partial charge in [0.25, 0.3) is 0 Å². The van der Waals surface area contributed by atoms with Crippen LogP contribution in [0.1, 0.15) is 20.3 Å². The minimum Gasteiger partial charge on any atom is -0.494 e. The van der Waals surface area contributed by atoms with E-state index in [1.807, 2.05) is 38.1 Å². The molecule has 0 aromatic heterocycles. The molecule has 0 heterocycles. The van der Waals surface area contributed by atoms with Crippen molar-refractivity contribution in [3.63, 3.8) is 0 Å². The van der Waals surface area contributed by atoms with Crippen molar-refractivity contribution in [2.45, 2.75) is 20.3 Å². The highest BCUT2D eigenvalue weighted by atomic mass is 16.5. The van der Waals surface area contributed by atoms with E-state index >= 15 is 0 Å². The topological polar surface area (TPSA) is 55.6 Å². The average Bonchev–Trinajstić information content (AvgIpc) is 2.33. The highest BCUT2D eigenvalue weighted by molar-refractivity contribution is 5.93. The van der Waals surface area contributed by atoms with E-state index in [1.165, 1.54) is 0 Å². The predicted molar refractivity (Wildman–Crippen MR) is 69.3 cm³/mol.